The van der Waals surface area contributed by atoms with E-state index in [-0.39, 0.29) is 34.2 Å². The van der Waals surface area contributed by atoms with Gasteiger partial charge in [-0.2, -0.15) is 39.5 Å². The fraction of sp³-hybridized carbons (Fsp3) is 0.351. The zero-order valence-electron chi connectivity index (χ0n) is 27.4. The van der Waals surface area contributed by atoms with Crippen LogP contribution in [0.1, 0.15) is 69.5 Å². The first-order chi connectivity index (χ1) is 21.8. The van der Waals surface area contributed by atoms with Crippen LogP contribution < -0.4 is 0 Å². The van der Waals surface area contributed by atoms with E-state index in [1.165, 1.54) is 44.2 Å². The van der Waals surface area contributed by atoms with Crippen molar-refractivity contribution >= 4 is 0 Å². The van der Waals surface area contributed by atoms with Crippen LogP contribution in [0.4, 0.5) is 39.5 Å². The normalized spacial score (nSPS) is 14.9. The monoisotopic (exact) mass is 684 g/mol. The average Bonchev–Trinajstić information content (AvgIpc) is 2.94. The van der Waals surface area contributed by atoms with E-state index in [9.17, 15) is 49.7 Å². The van der Waals surface area contributed by atoms with E-state index in [4.69, 9.17) is 0 Å². The first-order valence-corrected chi connectivity index (χ1v) is 14.8. The van der Waals surface area contributed by atoms with E-state index >= 15 is 0 Å². The molecule has 0 amide bonds. The second-order valence-corrected chi connectivity index (χ2v) is 12.5. The number of alkyl halides is 9. The van der Waals surface area contributed by atoms with Crippen molar-refractivity contribution in [3.8, 4) is 11.1 Å². The Morgan fingerprint density at radius 2 is 0.854 bits per heavy atom. The minimum atomic E-state index is -4.89. The summed E-state index contributed by atoms with van der Waals surface area (Å²) in [6, 6.07) is 18.3. The van der Waals surface area contributed by atoms with Crippen LogP contribution in [0, 0.1) is 34.6 Å². The summed E-state index contributed by atoms with van der Waals surface area (Å²) >= 11 is 0. The Kier molecular flexibility index (Phi) is 10.9. The third-order valence-electron chi connectivity index (χ3n) is 8.32. The molecule has 0 fully saturated rings. The van der Waals surface area contributed by atoms with Crippen LogP contribution in [0.2, 0.25) is 0 Å². The number of hydrogen-bond acceptors (Lipinski definition) is 2. The predicted molar refractivity (Wildman–Crippen MR) is 168 cm³/mol. The molecule has 0 saturated heterocycles. The van der Waals surface area contributed by atoms with Gasteiger partial charge in [0.15, 0.2) is 11.2 Å². The van der Waals surface area contributed by atoms with Crippen molar-refractivity contribution in [2.45, 2.75) is 84.6 Å². The SMILES string of the molecule is Cc1ccc(-c2ccc(C)cc2C(F)(F)F)c(C)c1.Cc1ccc(Cc2ccc(C)c(C(C)(O)C(F)(F)F)c2)cc1C(C)(O)C(F)(F)F. The lowest BCUT2D eigenvalue weighted by molar-refractivity contribution is -0.259. The van der Waals surface area contributed by atoms with Gasteiger partial charge in [0.1, 0.15) is 0 Å². The molecule has 0 aromatic heterocycles. The maximum absolute atomic E-state index is 13.2. The number of aliphatic hydroxyl groups is 2. The molecule has 0 spiro atoms. The van der Waals surface area contributed by atoms with Gasteiger partial charge in [0.25, 0.3) is 0 Å². The Bertz CT molecular complexity index is 1690. The highest BCUT2D eigenvalue weighted by Gasteiger charge is 2.52. The molecule has 0 aliphatic heterocycles. The number of halogens is 9. The van der Waals surface area contributed by atoms with Gasteiger partial charge >= 0.3 is 18.5 Å². The predicted octanol–water partition coefficient (Wildman–Crippen LogP) is 10.7. The summed E-state index contributed by atoms with van der Waals surface area (Å²) in [5.74, 6) is 0. The van der Waals surface area contributed by atoms with Gasteiger partial charge in [-0.05, 0) is 111 Å². The molecule has 48 heavy (non-hydrogen) atoms. The summed E-state index contributed by atoms with van der Waals surface area (Å²) in [5.41, 5.74) is -2.70. The molecule has 0 aliphatic carbocycles. The zero-order valence-corrected chi connectivity index (χ0v) is 27.4. The Morgan fingerprint density at radius 1 is 0.458 bits per heavy atom. The summed E-state index contributed by atoms with van der Waals surface area (Å²) in [7, 11) is 0. The highest BCUT2D eigenvalue weighted by atomic mass is 19.4. The highest BCUT2D eigenvalue weighted by Crippen LogP contribution is 2.42. The van der Waals surface area contributed by atoms with Crippen molar-refractivity contribution in [1.29, 1.82) is 0 Å². The maximum Gasteiger partial charge on any atom is 0.421 e. The molecule has 0 radical (unpaired) electrons. The second-order valence-electron chi connectivity index (χ2n) is 12.5. The Balaban J connectivity index is 0.000000284. The molecule has 11 heteroatoms. The van der Waals surface area contributed by atoms with Gasteiger partial charge in [0.2, 0.25) is 0 Å². The van der Waals surface area contributed by atoms with Crippen molar-refractivity contribution in [2.75, 3.05) is 0 Å². The van der Waals surface area contributed by atoms with Crippen LogP contribution in [0.15, 0.2) is 72.8 Å². The van der Waals surface area contributed by atoms with E-state index in [1.54, 1.807) is 37.3 Å². The van der Waals surface area contributed by atoms with Gasteiger partial charge < -0.3 is 10.2 Å². The van der Waals surface area contributed by atoms with Crippen molar-refractivity contribution in [3.05, 3.63) is 128 Å². The Morgan fingerprint density at radius 3 is 1.23 bits per heavy atom. The van der Waals surface area contributed by atoms with Crippen LogP contribution in [-0.2, 0) is 23.8 Å². The zero-order chi connectivity index (χ0) is 36.6. The summed E-state index contributed by atoms with van der Waals surface area (Å²) < 4.78 is 119. The third kappa shape index (κ3) is 8.41. The molecule has 4 aromatic rings. The summed E-state index contributed by atoms with van der Waals surface area (Å²) in [5, 5.41) is 20.0. The molecule has 4 rings (SSSR count). The van der Waals surface area contributed by atoms with Crippen molar-refractivity contribution < 1.29 is 49.7 Å². The van der Waals surface area contributed by atoms with E-state index in [0.717, 1.165) is 11.1 Å². The number of hydrogen-bond donors (Lipinski definition) is 2. The molecule has 0 heterocycles. The van der Waals surface area contributed by atoms with Gasteiger partial charge in [-0.1, -0.05) is 77.9 Å². The lowest BCUT2D eigenvalue weighted by Crippen LogP contribution is -2.40. The highest BCUT2D eigenvalue weighted by molar-refractivity contribution is 5.72. The number of benzene rings is 4. The number of aryl methyl sites for hydroxylation is 5. The Labute approximate surface area is 273 Å². The molecule has 260 valence electrons. The van der Waals surface area contributed by atoms with Gasteiger partial charge in [0.05, 0.1) is 5.56 Å². The maximum atomic E-state index is 13.2. The van der Waals surface area contributed by atoms with Gasteiger partial charge in [-0.25, -0.2) is 0 Å². The van der Waals surface area contributed by atoms with Gasteiger partial charge in [-0.3, -0.25) is 0 Å². The van der Waals surface area contributed by atoms with E-state index in [2.05, 4.69) is 0 Å². The van der Waals surface area contributed by atoms with Crippen LogP contribution in [0.25, 0.3) is 11.1 Å². The molecule has 0 aliphatic rings. The molecular weight excluding hydrogens is 647 g/mol. The molecule has 2 nitrogen and oxygen atoms in total. The fourth-order valence-corrected chi connectivity index (χ4v) is 5.39. The van der Waals surface area contributed by atoms with E-state index in [0.29, 0.717) is 36.1 Å². The van der Waals surface area contributed by atoms with Crippen molar-refractivity contribution in [3.63, 3.8) is 0 Å². The summed E-state index contributed by atoms with van der Waals surface area (Å²) in [6.45, 7) is 9.61. The molecule has 2 atom stereocenters. The van der Waals surface area contributed by atoms with Gasteiger partial charge in [0, 0.05) is 0 Å². The first-order valence-electron chi connectivity index (χ1n) is 14.8. The van der Waals surface area contributed by atoms with E-state index < -0.39 is 35.3 Å². The largest absolute Gasteiger partial charge is 0.421 e. The van der Waals surface area contributed by atoms with Gasteiger partial charge in [-0.15, -0.1) is 0 Å². The van der Waals surface area contributed by atoms with Crippen LogP contribution >= 0.6 is 0 Å². The lowest BCUT2D eigenvalue weighted by atomic mass is 9.87. The summed E-state index contributed by atoms with van der Waals surface area (Å²) in [4.78, 5) is 0. The van der Waals surface area contributed by atoms with Crippen LogP contribution in [0.5, 0.6) is 0 Å². The molecule has 2 unspecified atom stereocenters. The first kappa shape index (κ1) is 38.6. The quantitative estimate of drug-likeness (QED) is 0.206. The standard InChI is InChI=1S/C21H22F6O2.C16H15F3/c1-12-5-7-14(10-16(12)18(3,28)20(22,23)24)9-15-8-6-13(2)17(11-15)19(4,29)21(25,26)27;1-10-4-6-13(12(3)8-10)14-7-5-11(2)9-15(14)16(17,18)19/h5-8,10-11,28-29H,9H2,1-4H3;4-9H,1-3H3. The second kappa shape index (κ2) is 13.6. The molecule has 2 N–H and O–H groups in total. The molecular formula is C37H37F9O2. The smallest absolute Gasteiger partial charge is 0.376 e. The fourth-order valence-electron chi connectivity index (χ4n) is 5.39. The number of rotatable bonds is 5. The van der Waals surface area contributed by atoms with Crippen LogP contribution in [0.3, 0.4) is 0 Å². The van der Waals surface area contributed by atoms with Crippen LogP contribution in [-0.4, -0.2) is 22.6 Å². The average molecular weight is 685 g/mol. The third-order valence-corrected chi connectivity index (χ3v) is 8.32. The minimum absolute atomic E-state index is 0.0302. The van der Waals surface area contributed by atoms with Crippen molar-refractivity contribution in [1.82, 2.24) is 0 Å². The molecule has 0 bridgehead atoms. The molecule has 0 saturated carbocycles. The minimum Gasteiger partial charge on any atom is -0.376 e. The summed E-state index contributed by atoms with van der Waals surface area (Å²) in [6.07, 6.45) is -14.1. The molecule has 4 aromatic carbocycles. The van der Waals surface area contributed by atoms with E-state index in [1.807, 2.05) is 26.0 Å². The lowest BCUT2D eigenvalue weighted by Gasteiger charge is -2.29. The Hall–Kier alpha value is -3.83. The topological polar surface area (TPSA) is 40.5 Å². The van der Waals surface area contributed by atoms with Crippen molar-refractivity contribution in [2.24, 2.45) is 0 Å².